The van der Waals surface area contributed by atoms with E-state index in [4.69, 9.17) is 0 Å². The second-order valence-electron chi connectivity index (χ2n) is 10.4. The third kappa shape index (κ3) is 6.71. The maximum Gasteiger partial charge on any atom is 0.0689 e. The van der Waals surface area contributed by atoms with Gasteiger partial charge in [-0.15, -0.1) is 0 Å². The second kappa shape index (κ2) is 12.2. The van der Waals surface area contributed by atoms with Crippen molar-refractivity contribution in [3.05, 3.63) is 59.7 Å². The first-order valence-electron chi connectivity index (χ1n) is 13.2. The van der Waals surface area contributed by atoms with E-state index in [1.165, 1.54) is 67.2 Å². The van der Waals surface area contributed by atoms with Gasteiger partial charge in [-0.05, 0) is 79.0 Å². The average Bonchev–Trinajstić information content (AvgIpc) is 2.85. The lowest BCUT2D eigenvalue weighted by Gasteiger charge is -2.36. The monoisotopic (exact) mass is 429 g/mol. The standard InChI is InChI=1S/C31H43N/c1-4-6-7-8-9-10-26-11-13-27(14-12-26)28-15-17-29(18-16-28)30-19-21-31(24-32,22-20-30)23-25(3)5-2/h11-18,25,30H,4-10,19-23H2,1-3H3. The molecule has 2 aromatic rings. The van der Waals surface area contributed by atoms with Crippen LogP contribution in [-0.2, 0) is 6.42 Å². The highest BCUT2D eigenvalue weighted by Gasteiger charge is 2.36. The van der Waals surface area contributed by atoms with E-state index in [9.17, 15) is 5.26 Å². The minimum atomic E-state index is -0.0797. The molecule has 0 N–H and O–H groups in total. The van der Waals surface area contributed by atoms with Gasteiger partial charge in [-0.2, -0.15) is 5.26 Å². The van der Waals surface area contributed by atoms with Crippen molar-refractivity contribution in [2.45, 2.75) is 104 Å². The Balaban J connectivity index is 1.54. The van der Waals surface area contributed by atoms with Crippen LogP contribution in [0.4, 0.5) is 0 Å². The fourth-order valence-electron chi connectivity index (χ4n) is 5.42. The molecule has 1 saturated carbocycles. The summed E-state index contributed by atoms with van der Waals surface area (Å²) in [5, 5.41) is 9.86. The Kier molecular flexibility index (Phi) is 9.40. The van der Waals surface area contributed by atoms with Crippen molar-refractivity contribution in [1.82, 2.24) is 0 Å². The van der Waals surface area contributed by atoms with Crippen LogP contribution in [0, 0.1) is 22.7 Å². The molecule has 1 fully saturated rings. The van der Waals surface area contributed by atoms with Crippen LogP contribution in [0.2, 0.25) is 0 Å². The van der Waals surface area contributed by atoms with E-state index in [2.05, 4.69) is 75.4 Å². The molecule has 0 spiro atoms. The van der Waals surface area contributed by atoms with Crippen LogP contribution in [0.1, 0.15) is 108 Å². The normalized spacial score (nSPS) is 21.8. The molecule has 32 heavy (non-hydrogen) atoms. The molecule has 1 atom stereocenters. The quantitative estimate of drug-likeness (QED) is 0.326. The van der Waals surface area contributed by atoms with E-state index in [0.717, 1.165) is 32.1 Å². The summed E-state index contributed by atoms with van der Waals surface area (Å²) in [7, 11) is 0. The van der Waals surface area contributed by atoms with Crippen LogP contribution in [0.3, 0.4) is 0 Å². The van der Waals surface area contributed by atoms with E-state index in [0.29, 0.717) is 11.8 Å². The fraction of sp³-hybridized carbons (Fsp3) is 0.581. The lowest BCUT2D eigenvalue weighted by molar-refractivity contribution is 0.198. The summed E-state index contributed by atoms with van der Waals surface area (Å²) < 4.78 is 0. The highest BCUT2D eigenvalue weighted by atomic mass is 14.4. The Labute approximate surface area is 197 Å². The van der Waals surface area contributed by atoms with Gasteiger partial charge in [0.1, 0.15) is 0 Å². The predicted octanol–water partition coefficient (Wildman–Crippen LogP) is 9.47. The summed E-state index contributed by atoms with van der Waals surface area (Å²) in [6, 6.07) is 21.1. The van der Waals surface area contributed by atoms with Crippen molar-refractivity contribution in [2.75, 3.05) is 0 Å². The summed E-state index contributed by atoms with van der Waals surface area (Å²) in [4.78, 5) is 0. The van der Waals surface area contributed by atoms with Gasteiger partial charge in [0.25, 0.3) is 0 Å². The molecule has 0 amide bonds. The maximum absolute atomic E-state index is 9.86. The molecule has 0 bridgehead atoms. The lowest BCUT2D eigenvalue weighted by atomic mass is 9.66. The number of nitrogens with zero attached hydrogens (tertiary/aromatic N) is 1. The zero-order valence-corrected chi connectivity index (χ0v) is 20.7. The molecule has 0 radical (unpaired) electrons. The van der Waals surface area contributed by atoms with E-state index in [-0.39, 0.29) is 5.41 Å². The number of aryl methyl sites for hydroxylation is 1. The molecule has 3 rings (SSSR count). The van der Waals surface area contributed by atoms with Crippen LogP contribution < -0.4 is 0 Å². The van der Waals surface area contributed by atoms with E-state index in [1.54, 1.807) is 0 Å². The van der Waals surface area contributed by atoms with E-state index < -0.39 is 0 Å². The van der Waals surface area contributed by atoms with Crippen LogP contribution in [0.5, 0.6) is 0 Å². The fourth-order valence-corrected chi connectivity index (χ4v) is 5.42. The molecule has 0 aliphatic heterocycles. The Morgan fingerprint density at radius 3 is 2.03 bits per heavy atom. The summed E-state index contributed by atoms with van der Waals surface area (Å²) in [6.45, 7) is 6.81. The average molecular weight is 430 g/mol. The maximum atomic E-state index is 9.86. The Morgan fingerprint density at radius 2 is 1.47 bits per heavy atom. The minimum absolute atomic E-state index is 0.0797. The van der Waals surface area contributed by atoms with Gasteiger partial charge in [-0.25, -0.2) is 0 Å². The van der Waals surface area contributed by atoms with Gasteiger partial charge in [0.05, 0.1) is 11.5 Å². The van der Waals surface area contributed by atoms with Crippen molar-refractivity contribution in [3.8, 4) is 17.2 Å². The topological polar surface area (TPSA) is 23.8 Å². The molecule has 1 aliphatic rings. The van der Waals surface area contributed by atoms with Crippen molar-refractivity contribution < 1.29 is 0 Å². The molecule has 1 aliphatic carbocycles. The number of benzene rings is 2. The number of hydrogen-bond acceptors (Lipinski definition) is 1. The smallest absolute Gasteiger partial charge is 0.0689 e. The van der Waals surface area contributed by atoms with Crippen molar-refractivity contribution in [3.63, 3.8) is 0 Å². The lowest BCUT2D eigenvalue weighted by Crippen LogP contribution is -2.27. The van der Waals surface area contributed by atoms with Gasteiger partial charge in [0, 0.05) is 0 Å². The van der Waals surface area contributed by atoms with Crippen LogP contribution in [0.15, 0.2) is 48.5 Å². The predicted molar refractivity (Wildman–Crippen MR) is 138 cm³/mol. The highest BCUT2D eigenvalue weighted by molar-refractivity contribution is 5.64. The Hall–Kier alpha value is -2.07. The van der Waals surface area contributed by atoms with Crippen molar-refractivity contribution in [2.24, 2.45) is 11.3 Å². The number of unbranched alkanes of at least 4 members (excludes halogenated alkanes) is 4. The molecule has 172 valence electrons. The summed E-state index contributed by atoms with van der Waals surface area (Å²) >= 11 is 0. The van der Waals surface area contributed by atoms with Gasteiger partial charge >= 0.3 is 0 Å². The van der Waals surface area contributed by atoms with Crippen molar-refractivity contribution >= 4 is 0 Å². The minimum Gasteiger partial charge on any atom is -0.198 e. The van der Waals surface area contributed by atoms with Crippen LogP contribution in [-0.4, -0.2) is 0 Å². The molecule has 0 saturated heterocycles. The first-order valence-corrected chi connectivity index (χ1v) is 13.2. The number of hydrogen-bond donors (Lipinski definition) is 0. The number of rotatable bonds is 11. The van der Waals surface area contributed by atoms with Gasteiger partial charge in [0.2, 0.25) is 0 Å². The molecule has 0 heterocycles. The summed E-state index contributed by atoms with van der Waals surface area (Å²) in [5.74, 6) is 1.26. The molecule has 1 heteroatoms. The molecular formula is C31H43N. The van der Waals surface area contributed by atoms with Crippen LogP contribution in [0.25, 0.3) is 11.1 Å². The van der Waals surface area contributed by atoms with Gasteiger partial charge in [-0.3, -0.25) is 0 Å². The van der Waals surface area contributed by atoms with Gasteiger partial charge in [-0.1, -0.05) is 101 Å². The van der Waals surface area contributed by atoms with E-state index in [1.807, 2.05) is 0 Å². The first kappa shape index (κ1) is 24.6. The second-order valence-corrected chi connectivity index (χ2v) is 10.4. The molecule has 1 unspecified atom stereocenters. The molecule has 2 aromatic carbocycles. The third-order valence-electron chi connectivity index (χ3n) is 7.85. The summed E-state index contributed by atoms with van der Waals surface area (Å²) in [5.41, 5.74) is 5.45. The van der Waals surface area contributed by atoms with E-state index >= 15 is 0 Å². The SMILES string of the molecule is CCCCCCCc1ccc(-c2ccc(C3CCC(C#N)(CC(C)CC)CC3)cc2)cc1. The molecule has 0 aromatic heterocycles. The third-order valence-corrected chi connectivity index (χ3v) is 7.85. The Morgan fingerprint density at radius 1 is 0.875 bits per heavy atom. The molecule has 1 nitrogen and oxygen atoms in total. The van der Waals surface area contributed by atoms with Crippen LogP contribution >= 0.6 is 0 Å². The number of nitriles is 1. The highest BCUT2D eigenvalue weighted by Crippen LogP contribution is 2.46. The Bertz CT molecular complexity index is 832. The zero-order valence-electron chi connectivity index (χ0n) is 20.7. The largest absolute Gasteiger partial charge is 0.198 e. The first-order chi connectivity index (χ1) is 15.6. The van der Waals surface area contributed by atoms with Gasteiger partial charge in [0.15, 0.2) is 0 Å². The zero-order chi connectivity index (χ0) is 22.8. The van der Waals surface area contributed by atoms with Crippen molar-refractivity contribution in [1.29, 1.82) is 5.26 Å². The summed E-state index contributed by atoms with van der Waals surface area (Å²) in [6.07, 6.45) is 14.6. The van der Waals surface area contributed by atoms with Gasteiger partial charge < -0.3 is 0 Å². The molecular weight excluding hydrogens is 386 g/mol.